The minimum Gasteiger partial charge on any atom is -0.373 e. The molecule has 3 atom stereocenters. The number of amides is 1. The van der Waals surface area contributed by atoms with Crippen molar-refractivity contribution in [1.82, 2.24) is 9.21 Å². The highest BCUT2D eigenvalue weighted by Crippen LogP contribution is 2.34. The molecule has 1 aromatic carbocycles. The number of rotatable bonds is 3. The van der Waals surface area contributed by atoms with E-state index in [1.165, 1.54) is 26.0 Å². The van der Waals surface area contributed by atoms with E-state index >= 15 is 0 Å². The third-order valence-corrected chi connectivity index (χ3v) is 7.10. The topological polar surface area (TPSA) is 77.9 Å². The Labute approximate surface area is 164 Å². The summed E-state index contributed by atoms with van der Waals surface area (Å²) in [5.41, 5.74) is -3.53. The molecule has 11 heteroatoms. The van der Waals surface area contributed by atoms with Crippen LogP contribution in [-0.4, -0.2) is 65.6 Å². The Kier molecular flexibility index (Phi) is 6.01. The Morgan fingerprint density at radius 1 is 1.15 bits per heavy atom. The van der Waals surface area contributed by atoms with Gasteiger partial charge >= 0.3 is 6.18 Å². The summed E-state index contributed by atoms with van der Waals surface area (Å²) in [6.45, 7) is 2.91. The first-order valence-corrected chi connectivity index (χ1v) is 10.3. The Morgan fingerprint density at radius 2 is 1.67 bits per heavy atom. The minimum atomic E-state index is -5.13. The van der Waals surface area contributed by atoms with Gasteiger partial charge in [-0.3, -0.25) is 4.79 Å². The van der Waals surface area contributed by atoms with E-state index < -0.39 is 39.8 Å². The fourth-order valence-corrected chi connectivity index (χ4v) is 4.82. The molecule has 1 aromatic rings. The second-order valence-electron chi connectivity index (χ2n) is 6.75. The molecule has 0 bridgehead atoms. The molecule has 2 rings (SSSR count). The molecule has 1 amide bonds. The first-order valence-electron chi connectivity index (χ1n) is 8.07. The van der Waals surface area contributed by atoms with E-state index in [1.807, 2.05) is 0 Å². The van der Waals surface area contributed by atoms with Crippen molar-refractivity contribution in [3.05, 3.63) is 28.7 Å². The fraction of sp³-hybridized carbons (Fsp3) is 0.562. The zero-order valence-electron chi connectivity index (χ0n) is 14.9. The number of hydrogen-bond acceptors (Lipinski definition) is 4. The van der Waals surface area contributed by atoms with E-state index in [0.29, 0.717) is 11.4 Å². The average molecular weight is 473 g/mol. The largest absolute Gasteiger partial charge is 0.426 e. The standard InChI is InChI=1S/C16H20BrF3N2O4S/c1-10-9-22(27(25,26)13-6-4-12(17)5-7-13)11(2)8-21(10)14(23)15(3,24)16(18,19)20/h4-7,10-11,24H,8-9H2,1-3H3/t10-,11-,15?/m1/s1. The Morgan fingerprint density at radius 3 is 2.15 bits per heavy atom. The van der Waals surface area contributed by atoms with Gasteiger partial charge in [-0.1, -0.05) is 15.9 Å². The first kappa shape index (κ1) is 22.1. The molecule has 0 radical (unpaired) electrons. The van der Waals surface area contributed by atoms with Crippen molar-refractivity contribution in [2.24, 2.45) is 0 Å². The summed E-state index contributed by atoms with van der Waals surface area (Å²) in [6.07, 6.45) is -5.13. The lowest BCUT2D eigenvalue weighted by Crippen LogP contribution is -2.65. The van der Waals surface area contributed by atoms with Crippen LogP contribution in [0.2, 0.25) is 0 Å². The lowest BCUT2D eigenvalue weighted by Gasteiger charge is -2.45. The normalized spacial score (nSPS) is 24.5. The van der Waals surface area contributed by atoms with E-state index in [1.54, 1.807) is 12.1 Å². The maximum absolute atomic E-state index is 13.0. The highest BCUT2D eigenvalue weighted by Gasteiger charge is 2.58. The molecule has 1 aliphatic rings. The Hall–Kier alpha value is -1.17. The molecule has 1 unspecified atom stereocenters. The lowest BCUT2D eigenvalue weighted by molar-refractivity contribution is -0.251. The number of aliphatic hydroxyl groups is 1. The third-order valence-electron chi connectivity index (χ3n) is 4.58. The SMILES string of the molecule is C[C@@H]1CN(S(=O)(=O)c2ccc(Br)cc2)[C@H](C)CN1C(=O)C(C)(O)C(F)(F)F. The van der Waals surface area contributed by atoms with E-state index in [9.17, 15) is 31.5 Å². The molecule has 1 N–H and O–H groups in total. The number of hydrogen-bond donors (Lipinski definition) is 1. The summed E-state index contributed by atoms with van der Waals surface area (Å²) >= 11 is 3.22. The molecule has 1 saturated heterocycles. The van der Waals surface area contributed by atoms with Gasteiger partial charge in [0.15, 0.2) is 0 Å². The molecule has 0 aliphatic carbocycles. The first-order chi connectivity index (χ1) is 12.2. The number of alkyl halides is 3. The van der Waals surface area contributed by atoms with Crippen molar-refractivity contribution in [2.45, 2.75) is 49.5 Å². The maximum atomic E-state index is 13.0. The predicted octanol–water partition coefficient (Wildman–Crippen LogP) is 2.37. The molecule has 6 nitrogen and oxygen atoms in total. The Balaban J connectivity index is 2.27. The summed E-state index contributed by atoms with van der Waals surface area (Å²) in [7, 11) is -3.88. The van der Waals surface area contributed by atoms with Crippen LogP contribution in [0, 0.1) is 0 Å². The van der Waals surface area contributed by atoms with Gasteiger partial charge in [0, 0.05) is 29.6 Å². The van der Waals surface area contributed by atoms with Crippen molar-refractivity contribution < 1.29 is 31.5 Å². The van der Waals surface area contributed by atoms with Crippen LogP contribution in [-0.2, 0) is 14.8 Å². The molecule has 1 aliphatic heterocycles. The molecule has 152 valence electrons. The molecule has 0 saturated carbocycles. The highest BCUT2D eigenvalue weighted by atomic mass is 79.9. The van der Waals surface area contributed by atoms with Crippen LogP contribution in [0.15, 0.2) is 33.6 Å². The lowest BCUT2D eigenvalue weighted by atomic mass is 10.0. The molecule has 27 heavy (non-hydrogen) atoms. The number of carbonyl (C=O) groups excluding carboxylic acids is 1. The van der Waals surface area contributed by atoms with Crippen LogP contribution in [0.3, 0.4) is 0 Å². The zero-order chi connectivity index (χ0) is 20.8. The van der Waals surface area contributed by atoms with Crippen molar-refractivity contribution in [1.29, 1.82) is 0 Å². The molecular formula is C16H20BrF3N2O4S. The predicted molar refractivity (Wildman–Crippen MR) is 95.3 cm³/mol. The van der Waals surface area contributed by atoms with Crippen LogP contribution in [0.4, 0.5) is 13.2 Å². The van der Waals surface area contributed by atoms with Gasteiger partial charge < -0.3 is 10.0 Å². The van der Waals surface area contributed by atoms with Crippen molar-refractivity contribution in [2.75, 3.05) is 13.1 Å². The highest BCUT2D eigenvalue weighted by molar-refractivity contribution is 9.10. The van der Waals surface area contributed by atoms with Crippen LogP contribution in [0.1, 0.15) is 20.8 Å². The molecular weight excluding hydrogens is 453 g/mol. The fourth-order valence-electron chi connectivity index (χ4n) is 2.86. The molecule has 1 heterocycles. The summed E-state index contributed by atoms with van der Waals surface area (Å²) < 4.78 is 66.5. The average Bonchev–Trinajstić information content (AvgIpc) is 2.55. The van der Waals surface area contributed by atoms with Crippen molar-refractivity contribution in [3.63, 3.8) is 0 Å². The van der Waals surface area contributed by atoms with Crippen LogP contribution < -0.4 is 0 Å². The smallest absolute Gasteiger partial charge is 0.373 e. The van der Waals surface area contributed by atoms with Gasteiger partial charge in [-0.2, -0.15) is 17.5 Å². The van der Waals surface area contributed by atoms with E-state index in [2.05, 4.69) is 15.9 Å². The summed E-state index contributed by atoms with van der Waals surface area (Å²) in [5, 5.41) is 9.65. The number of piperazine rings is 1. The number of benzene rings is 1. The van der Waals surface area contributed by atoms with Gasteiger partial charge in [0.1, 0.15) is 0 Å². The number of nitrogens with zero attached hydrogens (tertiary/aromatic N) is 2. The van der Waals surface area contributed by atoms with Gasteiger partial charge in [-0.25, -0.2) is 8.42 Å². The van der Waals surface area contributed by atoms with Gasteiger partial charge in [0.25, 0.3) is 5.91 Å². The van der Waals surface area contributed by atoms with Gasteiger partial charge in [-0.15, -0.1) is 0 Å². The number of carbonyl (C=O) groups is 1. The Bertz CT molecular complexity index is 812. The van der Waals surface area contributed by atoms with Crippen molar-refractivity contribution >= 4 is 31.9 Å². The number of halogens is 4. The second kappa shape index (κ2) is 7.34. The van der Waals surface area contributed by atoms with Crippen molar-refractivity contribution in [3.8, 4) is 0 Å². The zero-order valence-corrected chi connectivity index (χ0v) is 17.3. The van der Waals surface area contributed by atoms with Crippen LogP contribution in [0.5, 0.6) is 0 Å². The molecule has 0 aromatic heterocycles. The summed E-state index contributed by atoms with van der Waals surface area (Å²) in [6, 6.07) is 4.38. The monoisotopic (exact) mass is 472 g/mol. The summed E-state index contributed by atoms with van der Waals surface area (Å²) in [5.74, 6) is -1.49. The van der Waals surface area contributed by atoms with E-state index in [-0.39, 0.29) is 18.0 Å². The van der Waals surface area contributed by atoms with Gasteiger partial charge in [0.2, 0.25) is 15.6 Å². The van der Waals surface area contributed by atoms with E-state index in [4.69, 9.17) is 0 Å². The summed E-state index contributed by atoms with van der Waals surface area (Å²) in [4.78, 5) is 13.2. The van der Waals surface area contributed by atoms with E-state index in [0.717, 1.165) is 9.21 Å². The third kappa shape index (κ3) is 4.15. The number of sulfonamides is 1. The van der Waals surface area contributed by atoms with Crippen LogP contribution >= 0.6 is 15.9 Å². The van der Waals surface area contributed by atoms with Gasteiger partial charge in [0.05, 0.1) is 4.90 Å². The quantitative estimate of drug-likeness (QED) is 0.732. The maximum Gasteiger partial charge on any atom is 0.426 e. The van der Waals surface area contributed by atoms with Gasteiger partial charge in [-0.05, 0) is 45.0 Å². The second-order valence-corrected chi connectivity index (χ2v) is 9.56. The minimum absolute atomic E-state index is 0.0480. The molecule has 1 fully saturated rings. The van der Waals surface area contributed by atoms with Crippen LogP contribution in [0.25, 0.3) is 0 Å². The molecule has 0 spiro atoms.